The molecule has 0 unspecified atom stereocenters. The van der Waals surface area contributed by atoms with Gasteiger partial charge in [0.05, 0.1) is 17.3 Å². The van der Waals surface area contributed by atoms with Gasteiger partial charge >= 0.3 is 0 Å². The number of rotatable bonds is 7. The van der Waals surface area contributed by atoms with Gasteiger partial charge in [-0.25, -0.2) is 0 Å². The molecule has 0 aliphatic carbocycles. The summed E-state index contributed by atoms with van der Waals surface area (Å²) in [4.78, 5) is 40.6. The molecule has 3 aromatic carbocycles. The Morgan fingerprint density at radius 1 is 0.912 bits per heavy atom. The van der Waals surface area contributed by atoms with Crippen LogP contribution in [0.4, 0.5) is 22.7 Å². The second kappa shape index (κ2) is 9.21. The normalized spacial score (nSPS) is 12.3. The Morgan fingerprint density at radius 3 is 2.03 bits per heavy atom. The van der Waals surface area contributed by atoms with E-state index in [-0.39, 0.29) is 45.7 Å². The van der Waals surface area contributed by atoms with Gasteiger partial charge in [-0.15, -0.1) is 0 Å². The largest absolute Gasteiger partial charge is 0.505 e. The summed E-state index contributed by atoms with van der Waals surface area (Å²) in [7, 11) is 7.09. The second-order valence-corrected chi connectivity index (χ2v) is 9.86. The van der Waals surface area contributed by atoms with Crippen LogP contribution in [-0.4, -0.2) is 44.1 Å². The fourth-order valence-electron chi connectivity index (χ4n) is 3.75. The van der Waals surface area contributed by atoms with Crippen LogP contribution < -0.4 is 26.4 Å². The highest BCUT2D eigenvalue weighted by molar-refractivity contribution is 5.99. The van der Waals surface area contributed by atoms with Crippen molar-refractivity contribution in [1.29, 1.82) is 0 Å². The van der Waals surface area contributed by atoms with Crippen molar-refractivity contribution in [3.05, 3.63) is 74.0 Å². The van der Waals surface area contributed by atoms with Crippen molar-refractivity contribution in [1.82, 2.24) is 4.90 Å². The average Bonchev–Trinajstić information content (AvgIpc) is 2.78. The maximum absolute atomic E-state index is 12.5. The summed E-state index contributed by atoms with van der Waals surface area (Å²) in [6.07, 6.45) is 0. The van der Waals surface area contributed by atoms with Crippen molar-refractivity contribution in [3.63, 3.8) is 0 Å². The van der Waals surface area contributed by atoms with E-state index in [0.29, 0.717) is 0 Å². The highest BCUT2D eigenvalue weighted by Gasteiger charge is 2.31. The Balaban J connectivity index is 1.95. The number of benzene rings is 2. The van der Waals surface area contributed by atoms with Crippen molar-refractivity contribution in [2.45, 2.75) is 26.8 Å². The average molecular weight is 465 g/mol. The van der Waals surface area contributed by atoms with Crippen LogP contribution in [0, 0.1) is 5.41 Å². The molecule has 0 heterocycles. The van der Waals surface area contributed by atoms with Gasteiger partial charge in [0.25, 0.3) is 16.8 Å². The summed E-state index contributed by atoms with van der Waals surface area (Å²) < 4.78 is 0. The lowest BCUT2D eigenvalue weighted by molar-refractivity contribution is 0.0824. The molecule has 3 N–H and O–H groups in total. The van der Waals surface area contributed by atoms with Crippen molar-refractivity contribution in [2.75, 3.05) is 43.7 Å². The minimum absolute atomic E-state index is 0.0638. The zero-order chi connectivity index (χ0) is 25.4. The Morgan fingerprint density at radius 2 is 1.50 bits per heavy atom. The molecule has 0 bridgehead atoms. The van der Waals surface area contributed by atoms with Gasteiger partial charge in [0.2, 0.25) is 0 Å². The number of aromatic hydroxyl groups is 1. The number of hydrogen-bond acceptors (Lipinski definition) is 7. The summed E-state index contributed by atoms with van der Waals surface area (Å²) in [5, 5.41) is 16.7. The Labute approximate surface area is 199 Å². The first kappa shape index (κ1) is 24.8. The molecule has 34 heavy (non-hydrogen) atoms. The van der Waals surface area contributed by atoms with Crippen LogP contribution in [0.5, 0.6) is 5.75 Å². The number of anilines is 4. The number of nitrogens with one attached hydrogen (secondary N) is 2. The van der Waals surface area contributed by atoms with Crippen molar-refractivity contribution in [2.24, 2.45) is 5.41 Å². The van der Waals surface area contributed by atoms with E-state index < -0.39 is 10.9 Å². The minimum Gasteiger partial charge on any atom is -0.505 e. The van der Waals surface area contributed by atoms with Crippen LogP contribution >= 0.6 is 0 Å². The topological polar surface area (TPSA) is 102 Å². The van der Waals surface area contributed by atoms with Crippen LogP contribution in [-0.2, 0) is 0 Å². The van der Waals surface area contributed by atoms with E-state index in [1.165, 1.54) is 11.0 Å². The van der Waals surface area contributed by atoms with Gasteiger partial charge in [-0.05, 0) is 35.2 Å². The molecule has 3 rings (SSSR count). The van der Waals surface area contributed by atoms with Crippen molar-refractivity contribution in [3.8, 4) is 5.75 Å². The molecule has 0 fully saturated rings. The highest BCUT2D eigenvalue weighted by Crippen LogP contribution is 2.38. The SMILES string of the molecule is CN(C)C(=O)c1cccc(Nc2c(N[C@@H](c3ccc(N(C)C)cc3)C(C)(C)C)c(=O)c2=O)c1O. The summed E-state index contributed by atoms with van der Waals surface area (Å²) in [5.74, 6) is -0.662. The molecular formula is C26H32N4O4. The van der Waals surface area contributed by atoms with Gasteiger partial charge in [-0.1, -0.05) is 39.0 Å². The number of carbonyl (C=O) groups is 1. The zero-order valence-electron chi connectivity index (χ0n) is 20.7. The quantitative estimate of drug-likeness (QED) is 0.362. The standard InChI is InChI=1S/C26H32N4O4/c1-26(2,3)24(15-11-13-16(14-12-15)29(4)5)28-20-19(22(32)23(20)33)27-18-10-8-9-17(21(18)31)25(34)30(6)7/h8-14,24,27-28,31H,1-7H3/t24-/m0/s1. The van der Waals surface area contributed by atoms with Crippen LogP contribution in [0.1, 0.15) is 42.7 Å². The molecule has 0 spiro atoms. The molecule has 1 amide bonds. The van der Waals surface area contributed by atoms with Gasteiger partial charge in [-0.2, -0.15) is 0 Å². The third-order valence-electron chi connectivity index (χ3n) is 5.74. The van der Waals surface area contributed by atoms with Crippen LogP contribution in [0.3, 0.4) is 0 Å². The van der Waals surface area contributed by atoms with Gasteiger partial charge < -0.3 is 25.5 Å². The van der Waals surface area contributed by atoms with Crippen LogP contribution in [0.15, 0.2) is 52.1 Å². The predicted molar refractivity (Wildman–Crippen MR) is 137 cm³/mol. The maximum atomic E-state index is 12.5. The number of hydrogen-bond donors (Lipinski definition) is 3. The van der Waals surface area contributed by atoms with E-state index in [0.717, 1.165) is 11.3 Å². The van der Waals surface area contributed by atoms with E-state index in [4.69, 9.17) is 0 Å². The van der Waals surface area contributed by atoms with Crippen molar-refractivity contribution >= 4 is 28.7 Å². The molecule has 0 aromatic heterocycles. The van der Waals surface area contributed by atoms with E-state index >= 15 is 0 Å². The molecule has 0 saturated carbocycles. The van der Waals surface area contributed by atoms with Crippen molar-refractivity contribution < 1.29 is 9.90 Å². The first-order valence-corrected chi connectivity index (χ1v) is 11.0. The fourth-order valence-corrected chi connectivity index (χ4v) is 3.75. The third kappa shape index (κ3) is 4.76. The molecule has 0 radical (unpaired) electrons. The molecule has 3 aromatic rings. The summed E-state index contributed by atoms with van der Waals surface area (Å²) in [6, 6.07) is 12.4. The molecule has 0 aliphatic rings. The van der Waals surface area contributed by atoms with Crippen LogP contribution in [0.2, 0.25) is 0 Å². The Kier molecular flexibility index (Phi) is 6.72. The highest BCUT2D eigenvalue weighted by atomic mass is 16.3. The predicted octanol–water partition coefficient (Wildman–Crippen LogP) is 3.70. The zero-order valence-corrected chi connectivity index (χ0v) is 20.7. The smallest absolute Gasteiger partial charge is 0.257 e. The summed E-state index contributed by atoms with van der Waals surface area (Å²) in [6.45, 7) is 6.14. The Bertz CT molecular complexity index is 1260. The third-order valence-corrected chi connectivity index (χ3v) is 5.74. The first-order valence-electron chi connectivity index (χ1n) is 11.0. The van der Waals surface area contributed by atoms with Gasteiger partial charge in [-0.3, -0.25) is 14.4 Å². The summed E-state index contributed by atoms with van der Waals surface area (Å²) >= 11 is 0. The number of nitrogens with zero attached hydrogens (tertiary/aromatic N) is 2. The number of phenolic OH excluding ortho intramolecular Hbond substituents is 1. The molecule has 8 nitrogen and oxygen atoms in total. The first-order chi connectivity index (χ1) is 15.8. The molecule has 8 heteroatoms. The van der Waals surface area contributed by atoms with Gasteiger partial charge in [0.15, 0.2) is 5.75 Å². The van der Waals surface area contributed by atoms with E-state index in [1.54, 1.807) is 26.2 Å². The van der Waals surface area contributed by atoms with E-state index in [9.17, 15) is 19.5 Å². The van der Waals surface area contributed by atoms with E-state index in [2.05, 4.69) is 10.6 Å². The van der Waals surface area contributed by atoms with E-state index in [1.807, 2.05) is 64.0 Å². The number of carbonyl (C=O) groups excluding carboxylic acids is 1. The molecule has 0 saturated heterocycles. The summed E-state index contributed by atoms with van der Waals surface area (Å²) in [5.41, 5.74) is 0.927. The second-order valence-electron chi connectivity index (χ2n) is 9.86. The monoisotopic (exact) mass is 464 g/mol. The maximum Gasteiger partial charge on any atom is 0.257 e. The lowest BCUT2D eigenvalue weighted by Crippen LogP contribution is -2.39. The van der Waals surface area contributed by atoms with Gasteiger partial charge in [0.1, 0.15) is 11.4 Å². The number of para-hydroxylation sites is 1. The van der Waals surface area contributed by atoms with Gasteiger partial charge in [0, 0.05) is 33.9 Å². The lowest BCUT2D eigenvalue weighted by atomic mass is 9.82. The molecular weight excluding hydrogens is 432 g/mol. The Hall–Kier alpha value is -3.81. The minimum atomic E-state index is -0.679. The fraction of sp³-hybridized carbons (Fsp3) is 0.346. The van der Waals surface area contributed by atoms with Crippen LogP contribution in [0.25, 0.3) is 0 Å². The lowest BCUT2D eigenvalue weighted by Gasteiger charge is -2.34. The molecule has 1 atom stereocenters. The number of amides is 1. The molecule has 180 valence electrons. The number of phenols is 1. The molecule has 0 aliphatic heterocycles.